The summed E-state index contributed by atoms with van der Waals surface area (Å²) in [5.41, 5.74) is 3.20. The van der Waals surface area contributed by atoms with E-state index in [4.69, 9.17) is 4.43 Å². The summed E-state index contributed by atoms with van der Waals surface area (Å²) in [5, 5.41) is -0.442. The van der Waals surface area contributed by atoms with Crippen molar-refractivity contribution in [2.45, 2.75) is 147 Å². The van der Waals surface area contributed by atoms with Crippen LogP contribution in [0.1, 0.15) is 99.8 Å². The number of hydrogen-bond donors (Lipinski definition) is 1. The highest BCUT2D eigenvalue weighted by Crippen LogP contribution is 2.58. The van der Waals surface area contributed by atoms with Crippen LogP contribution in [0.4, 0.5) is 0 Å². The van der Waals surface area contributed by atoms with Crippen LogP contribution in [0.3, 0.4) is 0 Å². The van der Waals surface area contributed by atoms with E-state index in [-0.39, 0.29) is 44.4 Å². The molecule has 0 radical (unpaired) electrons. The molecule has 0 aromatic rings. The highest BCUT2D eigenvalue weighted by molar-refractivity contribution is 7.92. The Hall–Kier alpha value is -0.216. The largest absolute Gasteiger partial charge is 0.432 e. The Morgan fingerprint density at radius 3 is 2.27 bits per heavy atom. The summed E-state index contributed by atoms with van der Waals surface area (Å²) in [5.74, 6) is 1.31. The SMILES string of the molecule is C/C=C1/CCC2/C(=C/C3C4C[C@@H](CC(C)(C)[Si](C)(C)O)C[C@H](O[Si](C)(C)C(C)(C)C)C4CS3(=O)=O)CCC[C@]12C. The molecular weight excluding hydrogens is 549 g/mol. The van der Waals surface area contributed by atoms with Gasteiger partial charge in [-0.15, -0.1) is 0 Å². The molecule has 40 heavy (non-hydrogen) atoms. The highest BCUT2D eigenvalue weighted by atomic mass is 32.2. The predicted molar refractivity (Wildman–Crippen MR) is 174 cm³/mol. The molecule has 1 N–H and O–H groups in total. The van der Waals surface area contributed by atoms with Gasteiger partial charge in [0, 0.05) is 12.0 Å². The second kappa shape index (κ2) is 10.7. The lowest BCUT2D eigenvalue weighted by Gasteiger charge is -2.48. The molecule has 0 spiro atoms. The van der Waals surface area contributed by atoms with Crippen molar-refractivity contribution in [1.29, 1.82) is 0 Å². The number of sulfone groups is 1. The summed E-state index contributed by atoms with van der Waals surface area (Å²) < 4.78 is 35.2. The van der Waals surface area contributed by atoms with E-state index >= 15 is 0 Å². The summed E-state index contributed by atoms with van der Waals surface area (Å²) in [6.07, 6.45) is 13.1. The summed E-state index contributed by atoms with van der Waals surface area (Å²) in [6, 6.07) is 0. The Morgan fingerprint density at radius 2 is 1.70 bits per heavy atom. The topological polar surface area (TPSA) is 63.6 Å². The number of fused-ring (bicyclic) bond motifs is 2. The van der Waals surface area contributed by atoms with E-state index in [2.05, 4.69) is 86.8 Å². The third-order valence-electron chi connectivity index (χ3n) is 12.7. The van der Waals surface area contributed by atoms with Crippen LogP contribution in [-0.4, -0.2) is 47.0 Å². The maximum absolute atomic E-state index is 14.0. The molecule has 7 heteroatoms. The van der Waals surface area contributed by atoms with Crippen LogP contribution >= 0.6 is 0 Å². The molecule has 4 aliphatic rings. The van der Waals surface area contributed by atoms with Crippen LogP contribution < -0.4 is 0 Å². The van der Waals surface area contributed by atoms with E-state index in [0.29, 0.717) is 11.8 Å². The third-order valence-corrected chi connectivity index (χ3v) is 22.9. The number of allylic oxidation sites excluding steroid dienone is 3. The lowest BCUT2D eigenvalue weighted by Crippen LogP contribution is -2.50. The smallest absolute Gasteiger partial charge is 0.192 e. The Balaban J connectivity index is 1.71. The molecule has 4 unspecified atom stereocenters. The molecule has 3 aliphatic carbocycles. The predicted octanol–water partition coefficient (Wildman–Crippen LogP) is 8.66. The zero-order valence-electron chi connectivity index (χ0n) is 27.6. The fraction of sp³-hybridized carbons (Fsp3) is 0.879. The zero-order valence-corrected chi connectivity index (χ0v) is 30.4. The first-order valence-electron chi connectivity index (χ1n) is 16.1. The van der Waals surface area contributed by atoms with Crippen LogP contribution in [0.5, 0.6) is 0 Å². The first-order valence-corrected chi connectivity index (χ1v) is 23.7. The molecule has 4 nitrogen and oxygen atoms in total. The summed E-state index contributed by atoms with van der Waals surface area (Å²) in [6.45, 7) is 24.6. The van der Waals surface area contributed by atoms with Crippen molar-refractivity contribution < 1.29 is 17.6 Å². The lowest BCUT2D eigenvalue weighted by atomic mass is 9.64. The summed E-state index contributed by atoms with van der Waals surface area (Å²) >= 11 is 0. The zero-order chi connectivity index (χ0) is 30.1. The van der Waals surface area contributed by atoms with Gasteiger partial charge in [0.25, 0.3) is 0 Å². The van der Waals surface area contributed by atoms with E-state index in [1.807, 2.05) is 0 Å². The Morgan fingerprint density at radius 1 is 1.05 bits per heavy atom. The second-order valence-corrected chi connectivity index (χ2v) is 28.4. The van der Waals surface area contributed by atoms with Gasteiger partial charge in [-0.2, -0.15) is 0 Å². The van der Waals surface area contributed by atoms with Crippen LogP contribution in [0, 0.1) is 29.1 Å². The lowest BCUT2D eigenvalue weighted by molar-refractivity contribution is 0.0285. The number of rotatable bonds is 6. The maximum Gasteiger partial charge on any atom is 0.192 e. The quantitative estimate of drug-likeness (QED) is 0.242. The van der Waals surface area contributed by atoms with Gasteiger partial charge in [-0.25, -0.2) is 8.42 Å². The van der Waals surface area contributed by atoms with E-state index < -0.39 is 26.5 Å². The van der Waals surface area contributed by atoms with Gasteiger partial charge >= 0.3 is 0 Å². The molecule has 0 amide bonds. The minimum atomic E-state index is -3.25. The van der Waals surface area contributed by atoms with Gasteiger partial charge in [0.15, 0.2) is 26.5 Å². The summed E-state index contributed by atoms with van der Waals surface area (Å²) in [4.78, 5) is 11.1. The average Bonchev–Trinajstić information content (AvgIpc) is 3.25. The van der Waals surface area contributed by atoms with Crippen molar-refractivity contribution in [3.63, 3.8) is 0 Å². The minimum absolute atomic E-state index is 0.0141. The molecule has 1 saturated heterocycles. The minimum Gasteiger partial charge on any atom is -0.432 e. The average molecular weight is 609 g/mol. The van der Waals surface area contributed by atoms with Crippen LogP contribution in [0.15, 0.2) is 23.3 Å². The van der Waals surface area contributed by atoms with E-state index in [0.717, 1.165) is 44.9 Å². The van der Waals surface area contributed by atoms with Crippen molar-refractivity contribution >= 4 is 26.5 Å². The molecule has 7 atom stereocenters. The standard InChI is InChI=1S/C33H60O4SSi2/c1-12-25-15-16-28-24(14-13-17-33(25,28)7)20-30-26-18-23(21-32(5,6)39(8,9)36)19-29(27(26)22-38(30,34)35)37-40(10,11)31(2,3)4/h12,20,23,26-30,36H,13-19,21-22H2,1-11H3/b24-20+,25-12-/t23-,26?,27?,28?,29+,30?,33-/m1/s1. The Kier molecular flexibility index (Phi) is 8.78. The number of hydrogen-bond acceptors (Lipinski definition) is 4. The molecule has 4 rings (SSSR count). The van der Waals surface area contributed by atoms with E-state index in [1.165, 1.54) is 12.0 Å². The molecule has 1 heterocycles. The monoisotopic (exact) mass is 608 g/mol. The second-order valence-electron chi connectivity index (χ2n) is 16.9. The normalized spacial score (nSPS) is 39.0. The van der Waals surface area contributed by atoms with Gasteiger partial charge < -0.3 is 9.22 Å². The van der Waals surface area contributed by atoms with Crippen molar-refractivity contribution in [1.82, 2.24) is 0 Å². The fourth-order valence-corrected chi connectivity index (χ4v) is 13.1. The van der Waals surface area contributed by atoms with Gasteiger partial charge in [0.2, 0.25) is 0 Å². The molecular formula is C33H60O4SSi2. The van der Waals surface area contributed by atoms with Gasteiger partial charge in [0.1, 0.15) is 0 Å². The van der Waals surface area contributed by atoms with Crippen molar-refractivity contribution in [2.75, 3.05) is 5.75 Å². The van der Waals surface area contributed by atoms with Crippen molar-refractivity contribution in [2.24, 2.45) is 29.1 Å². The molecule has 0 aromatic heterocycles. The fourth-order valence-electron chi connectivity index (χ4n) is 8.52. The van der Waals surface area contributed by atoms with Gasteiger partial charge in [0.05, 0.1) is 11.0 Å². The molecule has 1 aliphatic heterocycles. The first kappa shape index (κ1) is 32.7. The molecule has 0 bridgehead atoms. The maximum atomic E-state index is 14.0. The third kappa shape index (κ3) is 5.94. The van der Waals surface area contributed by atoms with Crippen LogP contribution in [0.25, 0.3) is 0 Å². The molecule has 230 valence electrons. The highest BCUT2D eigenvalue weighted by Gasteiger charge is 2.56. The first-order chi connectivity index (χ1) is 18.1. The Labute approximate surface area is 249 Å². The van der Waals surface area contributed by atoms with Crippen molar-refractivity contribution in [3.05, 3.63) is 23.3 Å². The van der Waals surface area contributed by atoms with Gasteiger partial charge in [-0.1, -0.05) is 64.8 Å². The summed E-state index contributed by atoms with van der Waals surface area (Å²) in [7, 11) is -7.72. The van der Waals surface area contributed by atoms with Crippen LogP contribution in [0.2, 0.25) is 36.3 Å². The molecule has 0 aromatic carbocycles. The van der Waals surface area contributed by atoms with Gasteiger partial charge in [-0.3, -0.25) is 0 Å². The molecule has 4 fully saturated rings. The van der Waals surface area contributed by atoms with Crippen LogP contribution in [-0.2, 0) is 14.3 Å². The van der Waals surface area contributed by atoms with E-state index in [1.54, 1.807) is 5.57 Å². The Bertz CT molecular complexity index is 1120. The van der Waals surface area contributed by atoms with Gasteiger partial charge in [-0.05, 0) is 118 Å². The van der Waals surface area contributed by atoms with Crippen molar-refractivity contribution in [3.8, 4) is 0 Å². The molecule has 3 saturated carbocycles. The van der Waals surface area contributed by atoms with E-state index in [9.17, 15) is 13.2 Å².